The number of nitrogens with two attached hydrogens (primary N) is 1. The molecule has 4 nitrogen and oxygen atoms in total. The second-order valence-corrected chi connectivity index (χ2v) is 5.02. The Bertz CT molecular complexity index is 398. The third-order valence-corrected chi connectivity index (χ3v) is 2.82. The molecule has 1 unspecified atom stereocenters. The van der Waals surface area contributed by atoms with Gasteiger partial charge in [-0.05, 0) is 27.9 Å². The zero-order valence-corrected chi connectivity index (χ0v) is 11.3. The van der Waals surface area contributed by atoms with E-state index in [9.17, 15) is 4.79 Å². The van der Waals surface area contributed by atoms with Crippen molar-refractivity contribution in [1.29, 1.82) is 0 Å². The maximum absolute atomic E-state index is 11.7. The van der Waals surface area contributed by atoms with Crippen LogP contribution >= 0.6 is 27.5 Å². The summed E-state index contributed by atoms with van der Waals surface area (Å²) >= 11 is 9.09. The molecular formula is C10H13BrClN3O. The van der Waals surface area contributed by atoms with Crippen LogP contribution in [-0.4, -0.2) is 16.9 Å². The Labute approximate surface area is 108 Å². The van der Waals surface area contributed by atoms with Crippen LogP contribution in [0.3, 0.4) is 0 Å². The number of amides is 1. The van der Waals surface area contributed by atoms with Gasteiger partial charge in [0.25, 0.3) is 0 Å². The lowest BCUT2D eigenvalue weighted by molar-refractivity contribution is -0.118. The van der Waals surface area contributed by atoms with Crippen molar-refractivity contribution in [2.45, 2.75) is 19.9 Å². The SMILES string of the molecule is CC(C)C(N)C(=O)Nc1cc(Br)cnc1Cl. The molecule has 1 heterocycles. The highest BCUT2D eigenvalue weighted by atomic mass is 79.9. The van der Waals surface area contributed by atoms with Crippen LogP contribution in [0.5, 0.6) is 0 Å². The molecule has 16 heavy (non-hydrogen) atoms. The van der Waals surface area contributed by atoms with Crippen molar-refractivity contribution in [1.82, 2.24) is 4.98 Å². The molecule has 0 saturated carbocycles. The van der Waals surface area contributed by atoms with Crippen LogP contribution in [0.4, 0.5) is 5.69 Å². The van der Waals surface area contributed by atoms with E-state index in [0.717, 1.165) is 4.47 Å². The Morgan fingerprint density at radius 3 is 2.81 bits per heavy atom. The van der Waals surface area contributed by atoms with Gasteiger partial charge in [0.2, 0.25) is 5.91 Å². The zero-order chi connectivity index (χ0) is 12.3. The van der Waals surface area contributed by atoms with Gasteiger partial charge in [0.1, 0.15) is 0 Å². The van der Waals surface area contributed by atoms with Crippen molar-refractivity contribution in [3.8, 4) is 0 Å². The molecular weight excluding hydrogens is 293 g/mol. The molecule has 6 heteroatoms. The van der Waals surface area contributed by atoms with Crippen LogP contribution in [0, 0.1) is 5.92 Å². The Hall–Kier alpha value is -0.650. The summed E-state index contributed by atoms with van der Waals surface area (Å²) in [6.45, 7) is 3.76. The number of pyridine rings is 1. The van der Waals surface area contributed by atoms with Gasteiger partial charge in [-0.1, -0.05) is 25.4 Å². The first kappa shape index (κ1) is 13.4. The van der Waals surface area contributed by atoms with Gasteiger partial charge in [-0.2, -0.15) is 0 Å². The van der Waals surface area contributed by atoms with Crippen LogP contribution in [0.25, 0.3) is 0 Å². The van der Waals surface area contributed by atoms with Crippen molar-refractivity contribution in [3.63, 3.8) is 0 Å². The third kappa shape index (κ3) is 3.43. The lowest BCUT2D eigenvalue weighted by Crippen LogP contribution is -2.39. The Morgan fingerprint density at radius 2 is 2.25 bits per heavy atom. The molecule has 1 amide bonds. The van der Waals surface area contributed by atoms with Crippen LogP contribution < -0.4 is 11.1 Å². The zero-order valence-electron chi connectivity index (χ0n) is 9.00. The first-order chi connectivity index (χ1) is 7.41. The fourth-order valence-corrected chi connectivity index (χ4v) is 1.51. The van der Waals surface area contributed by atoms with Crippen molar-refractivity contribution >= 4 is 39.1 Å². The maximum atomic E-state index is 11.7. The molecule has 0 spiro atoms. The molecule has 3 N–H and O–H groups in total. The average Bonchev–Trinajstić information content (AvgIpc) is 2.22. The van der Waals surface area contributed by atoms with Crippen LogP contribution in [0.15, 0.2) is 16.7 Å². The van der Waals surface area contributed by atoms with E-state index in [1.165, 1.54) is 0 Å². The lowest BCUT2D eigenvalue weighted by Gasteiger charge is -2.15. The summed E-state index contributed by atoms with van der Waals surface area (Å²) in [4.78, 5) is 15.6. The molecule has 0 aliphatic rings. The fraction of sp³-hybridized carbons (Fsp3) is 0.400. The Morgan fingerprint density at radius 1 is 1.62 bits per heavy atom. The molecule has 1 atom stereocenters. The van der Waals surface area contributed by atoms with Gasteiger partial charge in [-0.25, -0.2) is 4.98 Å². The van der Waals surface area contributed by atoms with Crippen molar-refractivity contribution in [2.75, 3.05) is 5.32 Å². The Balaban J connectivity index is 2.80. The number of nitrogens with zero attached hydrogens (tertiary/aromatic N) is 1. The van der Waals surface area contributed by atoms with Gasteiger partial charge >= 0.3 is 0 Å². The minimum absolute atomic E-state index is 0.0684. The van der Waals surface area contributed by atoms with E-state index >= 15 is 0 Å². The van der Waals surface area contributed by atoms with Gasteiger partial charge < -0.3 is 11.1 Å². The molecule has 88 valence electrons. The highest BCUT2D eigenvalue weighted by molar-refractivity contribution is 9.10. The number of carbonyl (C=O) groups excluding carboxylic acids is 1. The van der Waals surface area contributed by atoms with E-state index in [-0.39, 0.29) is 17.0 Å². The predicted molar refractivity (Wildman–Crippen MR) is 68.4 cm³/mol. The van der Waals surface area contributed by atoms with Gasteiger partial charge in [-0.3, -0.25) is 4.79 Å². The minimum Gasteiger partial charge on any atom is -0.322 e. The largest absolute Gasteiger partial charge is 0.322 e. The number of rotatable bonds is 3. The summed E-state index contributed by atoms with van der Waals surface area (Å²) in [5, 5.41) is 2.89. The minimum atomic E-state index is -0.560. The van der Waals surface area contributed by atoms with E-state index in [2.05, 4.69) is 26.2 Å². The van der Waals surface area contributed by atoms with Gasteiger partial charge in [0.05, 0.1) is 11.7 Å². The summed E-state index contributed by atoms with van der Waals surface area (Å²) in [6.07, 6.45) is 1.56. The normalized spacial score (nSPS) is 12.6. The number of nitrogens with one attached hydrogen (secondary N) is 1. The summed E-state index contributed by atoms with van der Waals surface area (Å²) in [5.41, 5.74) is 6.16. The van der Waals surface area contributed by atoms with Gasteiger partial charge in [-0.15, -0.1) is 0 Å². The smallest absolute Gasteiger partial charge is 0.241 e. The summed E-state index contributed by atoms with van der Waals surface area (Å²) < 4.78 is 0.741. The van der Waals surface area contributed by atoms with Crippen molar-refractivity contribution in [3.05, 3.63) is 21.9 Å². The van der Waals surface area contributed by atoms with E-state index in [1.54, 1.807) is 12.3 Å². The summed E-state index contributed by atoms with van der Waals surface area (Å²) in [7, 11) is 0. The number of anilines is 1. The highest BCUT2D eigenvalue weighted by Gasteiger charge is 2.18. The molecule has 0 fully saturated rings. The molecule has 1 aromatic rings. The van der Waals surface area contributed by atoms with E-state index in [1.807, 2.05) is 13.8 Å². The maximum Gasteiger partial charge on any atom is 0.241 e. The van der Waals surface area contributed by atoms with Crippen molar-refractivity contribution < 1.29 is 4.79 Å². The number of carbonyl (C=O) groups is 1. The molecule has 1 rings (SSSR count). The molecule has 0 saturated heterocycles. The fourth-order valence-electron chi connectivity index (χ4n) is 1.03. The lowest BCUT2D eigenvalue weighted by atomic mass is 10.1. The predicted octanol–water partition coefficient (Wildman–Crippen LogP) is 2.42. The van der Waals surface area contributed by atoms with Crippen LogP contribution in [0.2, 0.25) is 5.15 Å². The second-order valence-electron chi connectivity index (χ2n) is 3.75. The van der Waals surface area contributed by atoms with E-state index < -0.39 is 6.04 Å². The number of aromatic nitrogens is 1. The monoisotopic (exact) mass is 305 g/mol. The van der Waals surface area contributed by atoms with E-state index in [4.69, 9.17) is 17.3 Å². The molecule has 0 radical (unpaired) electrons. The molecule has 0 aliphatic heterocycles. The Kier molecular flexibility index (Phi) is 4.70. The summed E-state index contributed by atoms with van der Waals surface area (Å²) in [6, 6.07) is 1.12. The van der Waals surface area contributed by atoms with Crippen molar-refractivity contribution in [2.24, 2.45) is 11.7 Å². The second kappa shape index (κ2) is 5.61. The third-order valence-electron chi connectivity index (χ3n) is 2.08. The van der Waals surface area contributed by atoms with E-state index in [0.29, 0.717) is 5.69 Å². The molecule has 0 bridgehead atoms. The average molecular weight is 307 g/mol. The first-order valence-corrected chi connectivity index (χ1v) is 5.96. The van der Waals surface area contributed by atoms with Crippen LogP contribution in [0.1, 0.15) is 13.8 Å². The van der Waals surface area contributed by atoms with Gasteiger partial charge in [0, 0.05) is 10.7 Å². The number of hydrogen-bond acceptors (Lipinski definition) is 3. The first-order valence-electron chi connectivity index (χ1n) is 4.79. The molecule has 0 aromatic carbocycles. The highest BCUT2D eigenvalue weighted by Crippen LogP contribution is 2.23. The molecule has 0 aliphatic carbocycles. The number of halogens is 2. The topological polar surface area (TPSA) is 68.0 Å². The van der Waals surface area contributed by atoms with Crippen LogP contribution in [-0.2, 0) is 4.79 Å². The summed E-state index contributed by atoms with van der Waals surface area (Å²) in [5.74, 6) is -0.198. The quantitative estimate of drug-likeness (QED) is 0.843. The number of hydrogen-bond donors (Lipinski definition) is 2. The molecule has 1 aromatic heterocycles. The van der Waals surface area contributed by atoms with Gasteiger partial charge in [0.15, 0.2) is 5.15 Å². The standard InChI is InChI=1S/C10H13BrClN3O/c1-5(2)8(13)10(16)15-7-3-6(11)4-14-9(7)12/h3-5,8H,13H2,1-2H3,(H,15,16).